The van der Waals surface area contributed by atoms with E-state index in [9.17, 15) is 0 Å². The van der Waals surface area contributed by atoms with Gasteiger partial charge in [-0.05, 0) is 72.4 Å². The summed E-state index contributed by atoms with van der Waals surface area (Å²) >= 11 is 7.26. The molecule has 0 saturated heterocycles. The third kappa shape index (κ3) is 3.98. The van der Waals surface area contributed by atoms with Crippen LogP contribution >= 0.6 is 31.9 Å². The van der Waals surface area contributed by atoms with Crippen molar-refractivity contribution in [2.45, 2.75) is 32.1 Å². The number of hydrogen-bond acceptors (Lipinski definition) is 0. The Hall–Kier alpha value is -0.600. The first-order chi connectivity index (χ1) is 10.2. The first-order valence-corrected chi connectivity index (χ1v) is 9.57. The number of alkyl halides is 1. The van der Waals surface area contributed by atoms with E-state index in [0.29, 0.717) is 5.92 Å². The van der Waals surface area contributed by atoms with Crippen molar-refractivity contribution in [3.63, 3.8) is 0 Å². The zero-order valence-electron chi connectivity index (χ0n) is 12.1. The normalized spacial score (nSPS) is 15.0. The lowest BCUT2D eigenvalue weighted by molar-refractivity contribution is 0.591. The van der Waals surface area contributed by atoms with Gasteiger partial charge in [-0.15, -0.1) is 0 Å². The molecule has 1 aliphatic rings. The zero-order valence-corrected chi connectivity index (χ0v) is 15.3. The Morgan fingerprint density at radius 2 is 1.67 bits per heavy atom. The van der Waals surface area contributed by atoms with Gasteiger partial charge in [-0.1, -0.05) is 62.2 Å². The highest BCUT2D eigenvalue weighted by atomic mass is 79.9. The standard InChI is InChI=1S/C19H20Br2/c20-13-16(9-14-3-1-6-19(21)12-14)10-15-7-8-17-4-2-5-18(17)11-15/h1,3,6-8,11-12,16H,2,4-5,9-10,13H2. The molecule has 2 aromatic rings. The molecule has 0 aromatic heterocycles. The Morgan fingerprint density at radius 3 is 2.43 bits per heavy atom. The summed E-state index contributed by atoms with van der Waals surface area (Å²) in [6, 6.07) is 15.8. The average Bonchev–Trinajstić information content (AvgIpc) is 2.94. The summed E-state index contributed by atoms with van der Waals surface area (Å²) in [7, 11) is 0. The van der Waals surface area contributed by atoms with E-state index in [0.717, 1.165) is 18.2 Å². The van der Waals surface area contributed by atoms with E-state index < -0.39 is 0 Å². The van der Waals surface area contributed by atoms with Crippen LogP contribution in [0.5, 0.6) is 0 Å². The smallest absolute Gasteiger partial charge is 0.0177 e. The Labute approximate surface area is 144 Å². The van der Waals surface area contributed by atoms with Crippen molar-refractivity contribution in [2.24, 2.45) is 5.92 Å². The van der Waals surface area contributed by atoms with Crippen LogP contribution in [-0.4, -0.2) is 5.33 Å². The van der Waals surface area contributed by atoms with E-state index in [2.05, 4.69) is 74.3 Å². The second-order valence-electron chi connectivity index (χ2n) is 6.02. The third-order valence-electron chi connectivity index (χ3n) is 4.32. The quantitative estimate of drug-likeness (QED) is 0.554. The lowest BCUT2D eigenvalue weighted by Gasteiger charge is -2.15. The molecule has 1 atom stereocenters. The van der Waals surface area contributed by atoms with Crippen molar-refractivity contribution in [2.75, 3.05) is 5.33 Å². The maximum Gasteiger partial charge on any atom is 0.0177 e. The van der Waals surface area contributed by atoms with Crippen molar-refractivity contribution >= 4 is 31.9 Å². The molecule has 0 spiro atoms. The number of hydrogen-bond donors (Lipinski definition) is 0. The van der Waals surface area contributed by atoms with Gasteiger partial charge in [0.05, 0.1) is 0 Å². The summed E-state index contributed by atoms with van der Waals surface area (Å²) in [6.07, 6.45) is 6.16. The summed E-state index contributed by atoms with van der Waals surface area (Å²) in [5, 5.41) is 1.05. The number of aryl methyl sites for hydroxylation is 2. The predicted molar refractivity (Wildman–Crippen MR) is 97.3 cm³/mol. The second-order valence-corrected chi connectivity index (χ2v) is 7.58. The highest BCUT2D eigenvalue weighted by Crippen LogP contribution is 2.25. The lowest BCUT2D eigenvalue weighted by Crippen LogP contribution is -2.10. The highest BCUT2D eigenvalue weighted by Gasteiger charge is 2.14. The van der Waals surface area contributed by atoms with Crippen LogP contribution in [0.1, 0.15) is 28.7 Å². The van der Waals surface area contributed by atoms with E-state index in [1.54, 1.807) is 11.1 Å². The number of benzene rings is 2. The summed E-state index contributed by atoms with van der Waals surface area (Å²) in [5.41, 5.74) is 6.06. The van der Waals surface area contributed by atoms with Gasteiger partial charge in [0.15, 0.2) is 0 Å². The fourth-order valence-corrected chi connectivity index (χ4v) is 4.17. The molecular weight excluding hydrogens is 388 g/mol. The summed E-state index contributed by atoms with van der Waals surface area (Å²) in [4.78, 5) is 0. The molecule has 0 amide bonds. The average molecular weight is 408 g/mol. The summed E-state index contributed by atoms with van der Waals surface area (Å²) in [6.45, 7) is 0. The topological polar surface area (TPSA) is 0 Å². The molecule has 1 aliphatic carbocycles. The maximum absolute atomic E-state index is 3.70. The Kier molecular flexibility index (Phi) is 5.18. The zero-order chi connectivity index (χ0) is 14.7. The molecule has 0 N–H and O–H groups in total. The SMILES string of the molecule is BrCC(Cc1cccc(Br)c1)Cc1ccc2c(c1)CCC2. The summed E-state index contributed by atoms with van der Waals surface area (Å²) in [5.74, 6) is 0.652. The molecule has 21 heavy (non-hydrogen) atoms. The van der Waals surface area contributed by atoms with Crippen LogP contribution < -0.4 is 0 Å². The molecule has 0 aliphatic heterocycles. The van der Waals surface area contributed by atoms with Crippen LogP contribution in [0, 0.1) is 5.92 Å². The van der Waals surface area contributed by atoms with E-state index in [1.807, 2.05) is 0 Å². The number of fused-ring (bicyclic) bond motifs is 1. The van der Waals surface area contributed by atoms with Crippen LogP contribution in [0.4, 0.5) is 0 Å². The molecular formula is C19H20Br2. The molecule has 0 nitrogen and oxygen atoms in total. The first-order valence-electron chi connectivity index (χ1n) is 7.65. The molecule has 3 rings (SSSR count). The van der Waals surface area contributed by atoms with E-state index in [-0.39, 0.29) is 0 Å². The monoisotopic (exact) mass is 406 g/mol. The molecule has 110 valence electrons. The van der Waals surface area contributed by atoms with Gasteiger partial charge in [0, 0.05) is 9.80 Å². The van der Waals surface area contributed by atoms with Crippen LogP contribution in [0.15, 0.2) is 46.9 Å². The van der Waals surface area contributed by atoms with E-state index in [4.69, 9.17) is 0 Å². The number of halogens is 2. The predicted octanol–water partition coefficient (Wildman–Crippen LogP) is 5.73. The van der Waals surface area contributed by atoms with Crippen LogP contribution in [0.3, 0.4) is 0 Å². The van der Waals surface area contributed by atoms with E-state index >= 15 is 0 Å². The molecule has 0 heterocycles. The molecule has 2 aromatic carbocycles. The fraction of sp³-hybridized carbons (Fsp3) is 0.368. The van der Waals surface area contributed by atoms with Gasteiger partial charge >= 0.3 is 0 Å². The van der Waals surface area contributed by atoms with Crippen molar-refractivity contribution in [3.05, 3.63) is 69.2 Å². The third-order valence-corrected chi connectivity index (χ3v) is 5.73. The van der Waals surface area contributed by atoms with Crippen molar-refractivity contribution in [3.8, 4) is 0 Å². The van der Waals surface area contributed by atoms with Gasteiger partial charge in [-0.2, -0.15) is 0 Å². The number of rotatable bonds is 5. The molecule has 2 heteroatoms. The summed E-state index contributed by atoms with van der Waals surface area (Å²) < 4.78 is 1.17. The van der Waals surface area contributed by atoms with Gasteiger partial charge in [0.2, 0.25) is 0 Å². The van der Waals surface area contributed by atoms with Crippen molar-refractivity contribution < 1.29 is 0 Å². The van der Waals surface area contributed by atoms with Gasteiger partial charge < -0.3 is 0 Å². The molecule has 0 radical (unpaired) electrons. The Bertz CT molecular complexity index is 619. The second kappa shape index (κ2) is 7.11. The molecule has 0 saturated carbocycles. The van der Waals surface area contributed by atoms with Crippen LogP contribution in [0.2, 0.25) is 0 Å². The molecule has 0 bridgehead atoms. The molecule has 0 fully saturated rings. The first kappa shape index (κ1) is 15.3. The van der Waals surface area contributed by atoms with Crippen LogP contribution in [-0.2, 0) is 25.7 Å². The minimum Gasteiger partial charge on any atom is -0.0925 e. The van der Waals surface area contributed by atoms with E-state index in [1.165, 1.54) is 34.9 Å². The van der Waals surface area contributed by atoms with Crippen LogP contribution in [0.25, 0.3) is 0 Å². The minimum absolute atomic E-state index is 0.652. The van der Waals surface area contributed by atoms with Gasteiger partial charge in [-0.25, -0.2) is 0 Å². The Balaban J connectivity index is 1.69. The minimum atomic E-state index is 0.652. The Morgan fingerprint density at radius 1 is 0.905 bits per heavy atom. The maximum atomic E-state index is 3.70. The highest BCUT2D eigenvalue weighted by molar-refractivity contribution is 9.10. The largest absolute Gasteiger partial charge is 0.0925 e. The van der Waals surface area contributed by atoms with Crippen molar-refractivity contribution in [1.82, 2.24) is 0 Å². The molecule has 1 unspecified atom stereocenters. The van der Waals surface area contributed by atoms with Crippen molar-refractivity contribution in [1.29, 1.82) is 0 Å². The van der Waals surface area contributed by atoms with Gasteiger partial charge in [0.1, 0.15) is 0 Å². The lowest BCUT2D eigenvalue weighted by atomic mass is 9.93. The fourth-order valence-electron chi connectivity index (χ4n) is 3.26. The van der Waals surface area contributed by atoms with Gasteiger partial charge in [0.25, 0.3) is 0 Å². The van der Waals surface area contributed by atoms with Gasteiger partial charge in [-0.3, -0.25) is 0 Å².